The Morgan fingerprint density at radius 2 is 2.03 bits per heavy atom. The average molecular weight is 457 g/mol. The summed E-state index contributed by atoms with van der Waals surface area (Å²) in [7, 11) is 1.55. The van der Waals surface area contributed by atoms with Crippen molar-refractivity contribution in [2.24, 2.45) is 5.73 Å². The van der Waals surface area contributed by atoms with E-state index in [9.17, 15) is 5.26 Å². The van der Waals surface area contributed by atoms with Crippen molar-refractivity contribution < 1.29 is 23.7 Å². The molecule has 148 valence electrons. The van der Waals surface area contributed by atoms with Gasteiger partial charge in [0.1, 0.15) is 24.0 Å². The van der Waals surface area contributed by atoms with Crippen LogP contribution in [0.2, 0.25) is 0 Å². The summed E-state index contributed by atoms with van der Waals surface area (Å²) in [5.74, 6) is 2.31. The van der Waals surface area contributed by atoms with Crippen LogP contribution in [-0.4, -0.2) is 20.5 Å². The molecule has 0 bridgehead atoms. The second-order valence-electron chi connectivity index (χ2n) is 6.30. The zero-order chi connectivity index (χ0) is 20.5. The molecule has 0 saturated carbocycles. The first-order valence-corrected chi connectivity index (χ1v) is 9.49. The van der Waals surface area contributed by atoms with Crippen LogP contribution in [0.1, 0.15) is 17.0 Å². The molecule has 0 unspecified atom stereocenters. The molecule has 0 fully saturated rings. The van der Waals surface area contributed by atoms with E-state index in [4.69, 9.17) is 29.4 Å². The minimum Gasteiger partial charge on any atom is -0.493 e. The number of nitrogens with zero attached hydrogens (tertiary/aromatic N) is 1. The van der Waals surface area contributed by atoms with Crippen LogP contribution in [0.15, 0.2) is 52.8 Å². The molecule has 2 aromatic rings. The number of methoxy groups -OCH3 is 1. The van der Waals surface area contributed by atoms with Crippen LogP contribution in [0.5, 0.6) is 28.7 Å². The average Bonchev–Trinajstić information content (AvgIpc) is 3.17. The lowest BCUT2D eigenvalue weighted by Gasteiger charge is -2.27. The maximum atomic E-state index is 9.78. The van der Waals surface area contributed by atoms with Crippen LogP contribution in [0.3, 0.4) is 0 Å². The van der Waals surface area contributed by atoms with E-state index in [2.05, 4.69) is 28.6 Å². The first kappa shape index (κ1) is 19.0. The predicted octanol–water partition coefficient (Wildman–Crippen LogP) is 3.97. The third-order valence-electron chi connectivity index (χ3n) is 4.64. The van der Waals surface area contributed by atoms with Crippen LogP contribution < -0.4 is 29.4 Å². The van der Waals surface area contributed by atoms with Gasteiger partial charge in [0.15, 0.2) is 23.0 Å². The lowest BCUT2D eigenvalue weighted by molar-refractivity contribution is 0.174. The van der Waals surface area contributed by atoms with Crippen molar-refractivity contribution >= 4 is 15.9 Å². The lowest BCUT2D eigenvalue weighted by Crippen LogP contribution is -2.21. The smallest absolute Gasteiger partial charge is 0.231 e. The van der Waals surface area contributed by atoms with Gasteiger partial charge in [-0.25, -0.2) is 0 Å². The van der Waals surface area contributed by atoms with Crippen LogP contribution in [-0.2, 0) is 0 Å². The number of hydrogen-bond donors (Lipinski definition) is 1. The van der Waals surface area contributed by atoms with Crippen LogP contribution in [0.4, 0.5) is 0 Å². The Balaban J connectivity index is 1.88. The second kappa shape index (κ2) is 7.60. The molecule has 4 rings (SSSR count). The van der Waals surface area contributed by atoms with Crippen LogP contribution in [0.25, 0.3) is 0 Å². The lowest BCUT2D eigenvalue weighted by atomic mass is 9.83. The molecule has 29 heavy (non-hydrogen) atoms. The third kappa shape index (κ3) is 3.23. The van der Waals surface area contributed by atoms with E-state index in [1.54, 1.807) is 19.3 Å². The summed E-state index contributed by atoms with van der Waals surface area (Å²) in [6.45, 7) is 4.12. The summed E-state index contributed by atoms with van der Waals surface area (Å²) >= 11 is 3.54. The molecule has 2 aromatic carbocycles. The van der Waals surface area contributed by atoms with Crippen LogP contribution >= 0.6 is 15.9 Å². The summed E-state index contributed by atoms with van der Waals surface area (Å²) < 4.78 is 28.5. The van der Waals surface area contributed by atoms with Gasteiger partial charge in [0.25, 0.3) is 0 Å². The molecule has 0 aliphatic carbocycles. The van der Waals surface area contributed by atoms with Gasteiger partial charge < -0.3 is 29.4 Å². The number of ether oxygens (including phenoxy) is 5. The molecule has 1 atom stereocenters. The van der Waals surface area contributed by atoms with E-state index < -0.39 is 5.92 Å². The predicted molar refractivity (Wildman–Crippen MR) is 108 cm³/mol. The molecule has 2 N–H and O–H groups in total. The minimum atomic E-state index is -0.475. The highest BCUT2D eigenvalue weighted by molar-refractivity contribution is 9.10. The SMILES string of the molecule is C=CCOc1c(Br)cc([C@@H]2C(C#N)=C(N)Oc3cc4c(cc32)OCO4)cc1OC. The summed E-state index contributed by atoms with van der Waals surface area (Å²) in [5.41, 5.74) is 7.89. The van der Waals surface area contributed by atoms with E-state index in [-0.39, 0.29) is 12.7 Å². The Morgan fingerprint density at radius 1 is 1.28 bits per heavy atom. The number of nitriles is 1. The second-order valence-corrected chi connectivity index (χ2v) is 7.16. The maximum Gasteiger partial charge on any atom is 0.231 e. The molecule has 0 spiro atoms. The molecule has 2 heterocycles. The first-order chi connectivity index (χ1) is 14.1. The fourth-order valence-electron chi connectivity index (χ4n) is 3.38. The molecule has 0 saturated heterocycles. The number of fused-ring (bicyclic) bond motifs is 2. The molecule has 7 nitrogen and oxygen atoms in total. The highest BCUT2D eigenvalue weighted by Gasteiger charge is 2.34. The summed E-state index contributed by atoms with van der Waals surface area (Å²) in [6, 6.07) is 9.40. The van der Waals surface area contributed by atoms with Gasteiger partial charge in [0, 0.05) is 11.6 Å². The van der Waals surface area contributed by atoms with Gasteiger partial charge in [-0.05, 0) is 39.7 Å². The van der Waals surface area contributed by atoms with E-state index in [0.29, 0.717) is 45.4 Å². The van der Waals surface area contributed by atoms with Gasteiger partial charge in [-0.3, -0.25) is 0 Å². The van der Waals surface area contributed by atoms with Crippen molar-refractivity contribution in [1.82, 2.24) is 0 Å². The molecule has 2 aliphatic heterocycles. The molecular weight excluding hydrogens is 440 g/mol. The fraction of sp³-hybridized carbons (Fsp3) is 0.190. The highest BCUT2D eigenvalue weighted by Crippen LogP contribution is 2.49. The largest absolute Gasteiger partial charge is 0.493 e. The van der Waals surface area contributed by atoms with Gasteiger partial charge in [0.2, 0.25) is 12.7 Å². The van der Waals surface area contributed by atoms with E-state index in [1.165, 1.54) is 0 Å². The third-order valence-corrected chi connectivity index (χ3v) is 5.23. The zero-order valence-electron chi connectivity index (χ0n) is 15.5. The van der Waals surface area contributed by atoms with Crippen molar-refractivity contribution in [3.05, 3.63) is 64.0 Å². The molecule has 0 radical (unpaired) electrons. The van der Waals surface area contributed by atoms with E-state index >= 15 is 0 Å². The van der Waals surface area contributed by atoms with Gasteiger partial charge in [-0.15, -0.1) is 0 Å². The topological polar surface area (TPSA) is 96.0 Å². The Labute approximate surface area is 176 Å². The van der Waals surface area contributed by atoms with E-state index in [0.717, 1.165) is 11.1 Å². The zero-order valence-corrected chi connectivity index (χ0v) is 17.1. The Morgan fingerprint density at radius 3 is 2.72 bits per heavy atom. The minimum absolute atomic E-state index is 0.0472. The van der Waals surface area contributed by atoms with Crippen molar-refractivity contribution in [2.45, 2.75) is 5.92 Å². The van der Waals surface area contributed by atoms with Crippen LogP contribution in [0, 0.1) is 11.3 Å². The van der Waals surface area contributed by atoms with Gasteiger partial charge in [-0.1, -0.05) is 12.7 Å². The molecule has 0 aromatic heterocycles. The summed E-state index contributed by atoms with van der Waals surface area (Å²) in [6.07, 6.45) is 1.65. The number of halogens is 1. The van der Waals surface area contributed by atoms with Crippen molar-refractivity contribution in [3.8, 4) is 34.8 Å². The number of allylic oxidation sites excluding steroid dienone is 1. The van der Waals surface area contributed by atoms with E-state index in [1.807, 2.05) is 18.2 Å². The normalized spacial score (nSPS) is 16.5. The van der Waals surface area contributed by atoms with Gasteiger partial charge in [-0.2, -0.15) is 5.26 Å². The maximum absolute atomic E-state index is 9.78. The quantitative estimate of drug-likeness (QED) is 0.679. The summed E-state index contributed by atoms with van der Waals surface area (Å²) in [4.78, 5) is 0. The van der Waals surface area contributed by atoms with Gasteiger partial charge in [0.05, 0.1) is 17.5 Å². The Hall–Kier alpha value is -3.31. The fourth-order valence-corrected chi connectivity index (χ4v) is 3.95. The molecule has 8 heteroatoms. The summed E-state index contributed by atoms with van der Waals surface area (Å²) in [5, 5.41) is 9.78. The van der Waals surface area contributed by atoms with Crippen molar-refractivity contribution in [2.75, 3.05) is 20.5 Å². The Kier molecular flexibility index (Phi) is 4.99. The van der Waals surface area contributed by atoms with Gasteiger partial charge >= 0.3 is 0 Å². The highest BCUT2D eigenvalue weighted by atomic mass is 79.9. The van der Waals surface area contributed by atoms with Crippen molar-refractivity contribution in [1.29, 1.82) is 5.26 Å². The monoisotopic (exact) mass is 456 g/mol. The number of rotatable bonds is 5. The molecule has 0 amide bonds. The Bertz CT molecular complexity index is 1070. The first-order valence-electron chi connectivity index (χ1n) is 8.69. The molecule has 2 aliphatic rings. The number of benzene rings is 2. The van der Waals surface area contributed by atoms with Crippen molar-refractivity contribution in [3.63, 3.8) is 0 Å². The number of nitrogens with two attached hydrogens (primary N) is 1. The molecular formula is C21H17BrN2O5. The standard InChI is InChI=1S/C21H17BrN2O5/c1-3-4-26-20-14(22)5-11(6-18(20)25-2)19-12-7-16-17(28-10-27-16)8-15(12)29-21(24)13(19)9-23/h3,5-8,19H,1,4,10,24H2,2H3/t19-/m0/s1. The number of hydrogen-bond acceptors (Lipinski definition) is 7.